The van der Waals surface area contributed by atoms with Crippen LogP contribution in [-0.4, -0.2) is 11.8 Å². The second-order valence-electron chi connectivity index (χ2n) is 4.89. The lowest BCUT2D eigenvalue weighted by Crippen LogP contribution is -2.17. The van der Waals surface area contributed by atoms with E-state index in [9.17, 15) is 9.59 Å². The highest BCUT2D eigenvalue weighted by molar-refractivity contribution is 7.20. The summed E-state index contributed by atoms with van der Waals surface area (Å²) in [6, 6.07) is 15.2. The first-order chi connectivity index (χ1) is 11.1. The quantitative estimate of drug-likeness (QED) is 0.741. The Labute approximate surface area is 141 Å². The smallest absolute Gasteiger partial charge is 0.251 e. The fourth-order valence-corrected chi connectivity index (χ4v) is 3.94. The van der Waals surface area contributed by atoms with Crippen molar-refractivity contribution in [2.45, 2.75) is 6.42 Å². The molecule has 3 aromatic rings. The largest absolute Gasteiger partial charge is 0.366 e. The maximum absolute atomic E-state index is 12.2. The fourth-order valence-electron chi connectivity index (χ4n) is 2.15. The summed E-state index contributed by atoms with van der Waals surface area (Å²) in [5.74, 6) is -0.703. The van der Waals surface area contributed by atoms with Gasteiger partial charge in [0.05, 0.1) is 12.0 Å². The van der Waals surface area contributed by atoms with Crippen molar-refractivity contribution in [3.8, 4) is 10.4 Å². The average molecular weight is 342 g/mol. The van der Waals surface area contributed by atoms with E-state index < -0.39 is 5.91 Å². The fraction of sp³-hybridized carbons (Fsp3) is 0.0588. The Morgan fingerprint density at radius 3 is 2.52 bits per heavy atom. The first-order valence-electron chi connectivity index (χ1n) is 6.95. The number of nitrogens with one attached hydrogen (secondary N) is 1. The molecular formula is C17H14N2O2S2. The lowest BCUT2D eigenvalue weighted by atomic mass is 10.1. The summed E-state index contributed by atoms with van der Waals surface area (Å²) in [7, 11) is 0. The van der Waals surface area contributed by atoms with Crippen LogP contribution in [0.4, 0.5) is 5.00 Å². The minimum Gasteiger partial charge on any atom is -0.366 e. The van der Waals surface area contributed by atoms with Gasteiger partial charge in [-0.1, -0.05) is 36.4 Å². The standard InChI is InChI=1S/C17H14N2O2S2/c18-16(21)13-10-14(11-5-2-1-3-6-11)23-17(13)19-15(20)9-12-7-4-8-22-12/h1-8,10H,9H2,(H2,18,21)(H,19,20). The van der Waals surface area contributed by atoms with Gasteiger partial charge in [0.2, 0.25) is 5.91 Å². The Hall–Kier alpha value is -2.44. The van der Waals surface area contributed by atoms with Crippen LogP contribution in [0.5, 0.6) is 0 Å². The van der Waals surface area contributed by atoms with Crippen LogP contribution in [0.15, 0.2) is 53.9 Å². The third kappa shape index (κ3) is 3.67. The number of hydrogen-bond acceptors (Lipinski definition) is 4. The molecule has 0 saturated carbocycles. The number of carbonyl (C=O) groups is 2. The van der Waals surface area contributed by atoms with Gasteiger partial charge in [0.15, 0.2) is 0 Å². The highest BCUT2D eigenvalue weighted by Crippen LogP contribution is 2.35. The maximum Gasteiger partial charge on any atom is 0.251 e. The molecule has 0 bridgehead atoms. The Kier molecular flexibility index (Phi) is 4.55. The van der Waals surface area contributed by atoms with Gasteiger partial charge in [-0.05, 0) is 23.1 Å². The SMILES string of the molecule is NC(=O)c1cc(-c2ccccc2)sc1NC(=O)Cc1cccs1. The summed E-state index contributed by atoms with van der Waals surface area (Å²) in [6.45, 7) is 0. The molecule has 0 fully saturated rings. The van der Waals surface area contributed by atoms with E-state index in [0.717, 1.165) is 15.3 Å². The van der Waals surface area contributed by atoms with Crippen molar-refractivity contribution in [1.29, 1.82) is 0 Å². The highest BCUT2D eigenvalue weighted by atomic mass is 32.1. The first-order valence-corrected chi connectivity index (χ1v) is 8.64. The normalized spacial score (nSPS) is 10.4. The molecule has 1 aromatic carbocycles. The molecule has 23 heavy (non-hydrogen) atoms. The molecule has 0 aliphatic heterocycles. The molecule has 2 aromatic heterocycles. The number of nitrogens with two attached hydrogens (primary N) is 1. The number of benzene rings is 1. The molecule has 2 heterocycles. The van der Waals surface area contributed by atoms with Gasteiger partial charge in [0.1, 0.15) is 5.00 Å². The molecule has 0 aliphatic rings. The van der Waals surface area contributed by atoms with Crippen molar-refractivity contribution in [3.05, 3.63) is 64.4 Å². The van der Waals surface area contributed by atoms with Crippen LogP contribution in [0.1, 0.15) is 15.2 Å². The molecule has 4 nitrogen and oxygen atoms in total. The number of amides is 2. The lowest BCUT2D eigenvalue weighted by Gasteiger charge is -2.03. The summed E-state index contributed by atoms with van der Waals surface area (Å²) in [5, 5.41) is 5.23. The Balaban J connectivity index is 1.84. The zero-order valence-corrected chi connectivity index (χ0v) is 13.7. The van der Waals surface area contributed by atoms with Crippen molar-refractivity contribution in [2.75, 3.05) is 5.32 Å². The summed E-state index contributed by atoms with van der Waals surface area (Å²) in [5.41, 5.74) is 6.76. The van der Waals surface area contributed by atoms with E-state index >= 15 is 0 Å². The molecule has 2 amide bonds. The van der Waals surface area contributed by atoms with Gasteiger partial charge in [-0.2, -0.15) is 0 Å². The molecule has 0 unspecified atom stereocenters. The number of carbonyl (C=O) groups excluding carboxylic acids is 2. The van der Waals surface area contributed by atoms with E-state index in [1.807, 2.05) is 47.8 Å². The first kappa shape index (κ1) is 15.5. The molecular weight excluding hydrogens is 328 g/mol. The molecule has 3 rings (SSSR count). The van der Waals surface area contributed by atoms with Crippen LogP contribution in [0.3, 0.4) is 0 Å². The van der Waals surface area contributed by atoms with Crippen LogP contribution < -0.4 is 11.1 Å². The van der Waals surface area contributed by atoms with Crippen molar-refractivity contribution in [2.24, 2.45) is 5.73 Å². The van der Waals surface area contributed by atoms with Crippen molar-refractivity contribution in [3.63, 3.8) is 0 Å². The molecule has 0 atom stereocenters. The Morgan fingerprint density at radius 2 is 1.87 bits per heavy atom. The monoisotopic (exact) mass is 342 g/mol. The highest BCUT2D eigenvalue weighted by Gasteiger charge is 2.17. The van der Waals surface area contributed by atoms with E-state index in [4.69, 9.17) is 5.73 Å². The van der Waals surface area contributed by atoms with E-state index in [1.165, 1.54) is 22.7 Å². The van der Waals surface area contributed by atoms with Gasteiger partial charge in [-0.25, -0.2) is 0 Å². The molecule has 0 spiro atoms. The number of thiophene rings is 2. The van der Waals surface area contributed by atoms with Crippen molar-refractivity contribution < 1.29 is 9.59 Å². The van der Waals surface area contributed by atoms with Gasteiger partial charge >= 0.3 is 0 Å². The number of rotatable bonds is 5. The summed E-state index contributed by atoms with van der Waals surface area (Å²) in [6.07, 6.45) is 0.286. The molecule has 6 heteroatoms. The molecule has 116 valence electrons. The summed E-state index contributed by atoms with van der Waals surface area (Å²) >= 11 is 2.88. The molecule has 0 radical (unpaired) electrons. The lowest BCUT2D eigenvalue weighted by molar-refractivity contribution is -0.115. The minimum atomic E-state index is -0.546. The second-order valence-corrected chi connectivity index (χ2v) is 6.97. The van der Waals surface area contributed by atoms with Gasteiger partial charge in [-0.3, -0.25) is 9.59 Å². The maximum atomic E-state index is 12.2. The van der Waals surface area contributed by atoms with E-state index in [0.29, 0.717) is 10.6 Å². The van der Waals surface area contributed by atoms with Crippen molar-refractivity contribution in [1.82, 2.24) is 0 Å². The van der Waals surface area contributed by atoms with Crippen LogP contribution in [0, 0.1) is 0 Å². The van der Waals surface area contributed by atoms with Gasteiger partial charge in [-0.15, -0.1) is 22.7 Å². The number of hydrogen-bond donors (Lipinski definition) is 2. The van der Waals surface area contributed by atoms with E-state index in [2.05, 4.69) is 5.32 Å². The molecule has 3 N–H and O–H groups in total. The van der Waals surface area contributed by atoms with Crippen LogP contribution in [0.25, 0.3) is 10.4 Å². The third-order valence-corrected chi connectivity index (χ3v) is 5.20. The molecule has 0 aliphatic carbocycles. The summed E-state index contributed by atoms with van der Waals surface area (Å²) in [4.78, 5) is 25.7. The molecule has 0 saturated heterocycles. The Morgan fingerprint density at radius 1 is 1.09 bits per heavy atom. The zero-order valence-electron chi connectivity index (χ0n) is 12.1. The average Bonchev–Trinajstić information content (AvgIpc) is 3.18. The Bertz CT molecular complexity index is 824. The van der Waals surface area contributed by atoms with Gasteiger partial charge < -0.3 is 11.1 Å². The zero-order chi connectivity index (χ0) is 16.2. The second kappa shape index (κ2) is 6.76. The van der Waals surface area contributed by atoms with Gasteiger partial charge in [0, 0.05) is 9.75 Å². The van der Waals surface area contributed by atoms with Crippen molar-refractivity contribution >= 4 is 39.5 Å². The van der Waals surface area contributed by atoms with Crippen LogP contribution >= 0.6 is 22.7 Å². The van der Waals surface area contributed by atoms with E-state index in [1.54, 1.807) is 6.07 Å². The number of primary amides is 1. The topological polar surface area (TPSA) is 72.2 Å². The summed E-state index contributed by atoms with van der Waals surface area (Å²) < 4.78 is 0. The predicted octanol–water partition coefficient (Wildman–Crippen LogP) is 3.76. The predicted molar refractivity (Wildman–Crippen MR) is 94.9 cm³/mol. The third-order valence-electron chi connectivity index (χ3n) is 3.22. The van der Waals surface area contributed by atoms with E-state index in [-0.39, 0.29) is 12.3 Å². The number of anilines is 1. The van der Waals surface area contributed by atoms with Gasteiger partial charge in [0.25, 0.3) is 5.91 Å². The minimum absolute atomic E-state index is 0.156. The van der Waals surface area contributed by atoms with Crippen LogP contribution in [-0.2, 0) is 11.2 Å². The van der Waals surface area contributed by atoms with Crippen LogP contribution in [0.2, 0.25) is 0 Å².